The summed E-state index contributed by atoms with van der Waals surface area (Å²) in [6.45, 7) is 0. The maximum Gasteiger partial charge on any atom is 1.00 e. The summed E-state index contributed by atoms with van der Waals surface area (Å²) in [5.74, 6) is -0.133. The number of hydrogen-bond acceptors (Lipinski definition) is 3. The van der Waals surface area contributed by atoms with Gasteiger partial charge >= 0.3 is 29.6 Å². The summed E-state index contributed by atoms with van der Waals surface area (Å²) >= 11 is -2.61. The molecule has 0 atom stereocenters. The zero-order chi connectivity index (χ0) is 11.0. The van der Waals surface area contributed by atoms with Crippen LogP contribution in [0.3, 0.4) is 0 Å². The fraction of sp³-hybridized carbons (Fsp3) is 0.750. The van der Waals surface area contributed by atoms with Crippen molar-refractivity contribution in [3.8, 4) is 0 Å². The SMILES string of the molecule is O=CC(=O)C1CCCCC1.O=S(O)O.[Na+]. The summed E-state index contributed by atoms with van der Waals surface area (Å²) in [5.41, 5.74) is 0. The van der Waals surface area contributed by atoms with Gasteiger partial charge in [-0.25, -0.2) is 0 Å². The van der Waals surface area contributed by atoms with Crippen LogP contribution in [-0.2, 0) is 21.0 Å². The van der Waals surface area contributed by atoms with Crippen LogP contribution in [0.1, 0.15) is 32.1 Å². The quantitative estimate of drug-likeness (QED) is 0.254. The maximum absolute atomic E-state index is 10.8. The summed E-state index contributed by atoms with van der Waals surface area (Å²) in [6.07, 6.45) is 5.78. The Hall–Kier alpha value is 0.410. The van der Waals surface area contributed by atoms with Crippen molar-refractivity contribution in [3.63, 3.8) is 0 Å². The van der Waals surface area contributed by atoms with Gasteiger partial charge < -0.3 is 0 Å². The van der Waals surface area contributed by atoms with E-state index in [1.807, 2.05) is 0 Å². The molecule has 0 amide bonds. The van der Waals surface area contributed by atoms with Crippen LogP contribution >= 0.6 is 0 Å². The topological polar surface area (TPSA) is 91.7 Å². The molecule has 0 aromatic heterocycles. The molecular weight excluding hydrogens is 231 g/mol. The molecular formula is C8H14NaO5S+. The fourth-order valence-corrected chi connectivity index (χ4v) is 1.48. The molecule has 1 aliphatic carbocycles. The van der Waals surface area contributed by atoms with Gasteiger partial charge in [-0.05, 0) is 12.8 Å². The summed E-state index contributed by atoms with van der Waals surface area (Å²) in [4.78, 5) is 20.9. The Labute approximate surface area is 113 Å². The van der Waals surface area contributed by atoms with Crippen LogP contribution in [0.4, 0.5) is 0 Å². The number of aldehydes is 1. The van der Waals surface area contributed by atoms with Gasteiger partial charge in [-0.2, -0.15) is 4.21 Å². The van der Waals surface area contributed by atoms with Crippen LogP contribution in [0, 0.1) is 5.92 Å². The monoisotopic (exact) mass is 245 g/mol. The van der Waals surface area contributed by atoms with E-state index in [9.17, 15) is 9.59 Å². The van der Waals surface area contributed by atoms with E-state index >= 15 is 0 Å². The van der Waals surface area contributed by atoms with Crippen molar-refractivity contribution in [1.29, 1.82) is 0 Å². The molecule has 1 saturated carbocycles. The molecule has 0 spiro atoms. The van der Waals surface area contributed by atoms with Crippen molar-refractivity contribution in [1.82, 2.24) is 0 Å². The van der Waals surface area contributed by atoms with E-state index in [1.54, 1.807) is 0 Å². The minimum Gasteiger partial charge on any atom is -0.295 e. The third-order valence-electron chi connectivity index (χ3n) is 2.12. The Bertz CT molecular complexity index is 211. The molecule has 0 aliphatic heterocycles. The van der Waals surface area contributed by atoms with Gasteiger partial charge in [-0.15, -0.1) is 0 Å². The molecule has 0 heterocycles. The summed E-state index contributed by atoms with van der Waals surface area (Å²) in [7, 11) is 0. The molecule has 0 radical (unpaired) electrons. The van der Waals surface area contributed by atoms with Gasteiger partial charge in [0.25, 0.3) is 11.4 Å². The molecule has 0 bridgehead atoms. The van der Waals surface area contributed by atoms with E-state index in [1.165, 1.54) is 6.42 Å². The molecule has 1 rings (SSSR count). The molecule has 1 fully saturated rings. The van der Waals surface area contributed by atoms with E-state index in [0.29, 0.717) is 6.29 Å². The van der Waals surface area contributed by atoms with Gasteiger partial charge in [-0.1, -0.05) is 19.3 Å². The molecule has 1 aliphatic rings. The van der Waals surface area contributed by atoms with Gasteiger partial charge in [0.2, 0.25) is 0 Å². The third kappa shape index (κ3) is 10.7. The molecule has 15 heavy (non-hydrogen) atoms. The number of ketones is 1. The summed E-state index contributed by atoms with van der Waals surface area (Å²) < 4.78 is 22.8. The molecule has 0 aromatic carbocycles. The predicted octanol–water partition coefficient (Wildman–Crippen LogP) is -1.98. The first-order valence-electron chi connectivity index (χ1n) is 4.37. The van der Waals surface area contributed by atoms with Gasteiger partial charge in [0.15, 0.2) is 12.1 Å². The Morgan fingerprint density at radius 1 is 1.20 bits per heavy atom. The molecule has 0 aromatic rings. The van der Waals surface area contributed by atoms with E-state index < -0.39 is 11.4 Å². The summed E-state index contributed by atoms with van der Waals surface area (Å²) in [6, 6.07) is 0. The van der Waals surface area contributed by atoms with Crippen molar-refractivity contribution < 1.29 is 52.5 Å². The molecule has 0 unspecified atom stereocenters. The standard InChI is InChI=1S/C8H12O2.Na.H2O3S/c9-6-8(10)7-4-2-1-3-5-7;;1-4(2)3/h6-7H,1-5H2;;(H2,1,2,3)/q;+1;. The number of carbonyl (C=O) groups is 2. The Morgan fingerprint density at radius 2 is 1.60 bits per heavy atom. The van der Waals surface area contributed by atoms with Crippen LogP contribution < -0.4 is 29.6 Å². The van der Waals surface area contributed by atoms with E-state index in [0.717, 1.165) is 25.7 Å². The average molecular weight is 245 g/mol. The molecule has 5 nitrogen and oxygen atoms in total. The Balaban J connectivity index is 0. The van der Waals surface area contributed by atoms with Gasteiger partial charge in [0.1, 0.15) is 0 Å². The van der Waals surface area contributed by atoms with E-state index in [2.05, 4.69) is 0 Å². The van der Waals surface area contributed by atoms with Crippen LogP contribution in [0.15, 0.2) is 0 Å². The third-order valence-corrected chi connectivity index (χ3v) is 2.12. The molecule has 7 heteroatoms. The number of hydrogen-bond donors (Lipinski definition) is 2. The van der Waals surface area contributed by atoms with Crippen LogP contribution in [0.25, 0.3) is 0 Å². The second kappa shape index (κ2) is 10.9. The van der Waals surface area contributed by atoms with E-state index in [-0.39, 0.29) is 41.3 Å². The number of Topliss-reactive ketones (excluding diaryl/α,β-unsaturated/α-hetero) is 1. The smallest absolute Gasteiger partial charge is 0.295 e. The Kier molecular flexibility index (Phi) is 12.9. The van der Waals surface area contributed by atoms with Crippen molar-refractivity contribution >= 4 is 23.4 Å². The molecule has 2 N–H and O–H groups in total. The van der Waals surface area contributed by atoms with Gasteiger partial charge in [0.05, 0.1) is 0 Å². The second-order valence-electron chi connectivity index (χ2n) is 3.09. The van der Waals surface area contributed by atoms with Crippen LogP contribution in [0.2, 0.25) is 0 Å². The van der Waals surface area contributed by atoms with Crippen LogP contribution in [-0.4, -0.2) is 25.4 Å². The van der Waals surface area contributed by atoms with E-state index in [4.69, 9.17) is 13.3 Å². The van der Waals surface area contributed by atoms with Crippen molar-refractivity contribution in [2.24, 2.45) is 5.92 Å². The van der Waals surface area contributed by atoms with Gasteiger partial charge in [0, 0.05) is 5.92 Å². The molecule has 82 valence electrons. The first kappa shape index (κ1) is 17.8. The van der Waals surface area contributed by atoms with Crippen molar-refractivity contribution in [2.45, 2.75) is 32.1 Å². The minimum absolute atomic E-state index is 0. The maximum atomic E-state index is 10.8. The number of rotatable bonds is 2. The number of carbonyl (C=O) groups excluding carboxylic acids is 2. The minimum atomic E-state index is -2.61. The largest absolute Gasteiger partial charge is 1.00 e. The summed E-state index contributed by atoms with van der Waals surface area (Å²) in [5, 5.41) is 0. The van der Waals surface area contributed by atoms with Crippen molar-refractivity contribution in [3.05, 3.63) is 0 Å². The predicted molar refractivity (Wildman–Crippen MR) is 51.0 cm³/mol. The normalized spacial score (nSPS) is 15.9. The van der Waals surface area contributed by atoms with Crippen molar-refractivity contribution in [2.75, 3.05) is 0 Å². The average Bonchev–Trinajstić information content (AvgIpc) is 2.17. The van der Waals surface area contributed by atoms with Crippen LogP contribution in [0.5, 0.6) is 0 Å². The molecule has 0 saturated heterocycles. The first-order chi connectivity index (χ1) is 6.57. The fourth-order valence-electron chi connectivity index (χ4n) is 1.48. The zero-order valence-corrected chi connectivity index (χ0v) is 11.5. The first-order valence-corrected chi connectivity index (χ1v) is 5.43. The Morgan fingerprint density at radius 3 is 1.93 bits per heavy atom. The van der Waals surface area contributed by atoms with Gasteiger partial charge in [-0.3, -0.25) is 18.7 Å². The zero-order valence-electron chi connectivity index (χ0n) is 8.72. The second-order valence-corrected chi connectivity index (χ2v) is 3.55.